The summed E-state index contributed by atoms with van der Waals surface area (Å²) in [5.74, 6) is 0.850. The van der Waals surface area contributed by atoms with E-state index in [4.69, 9.17) is 9.47 Å². The molecule has 0 saturated heterocycles. The van der Waals surface area contributed by atoms with Crippen LogP contribution in [0.15, 0.2) is 18.2 Å². The molecule has 2 rings (SSSR count). The Morgan fingerprint density at radius 1 is 1.30 bits per heavy atom. The molecule has 0 saturated carbocycles. The Balaban J connectivity index is 1.99. The van der Waals surface area contributed by atoms with E-state index in [0.717, 1.165) is 30.6 Å². The van der Waals surface area contributed by atoms with E-state index in [1.807, 2.05) is 18.2 Å². The quantitative estimate of drug-likeness (QED) is 0.916. The lowest BCUT2D eigenvalue weighted by Gasteiger charge is -2.31. The smallest absolute Gasteiger partial charge is 0.119 e. The first kappa shape index (κ1) is 15.3. The van der Waals surface area contributed by atoms with Crippen molar-refractivity contribution in [3.63, 3.8) is 0 Å². The Labute approximate surface area is 121 Å². The summed E-state index contributed by atoms with van der Waals surface area (Å²) >= 11 is 0. The summed E-state index contributed by atoms with van der Waals surface area (Å²) in [7, 11) is 1.67. The first-order chi connectivity index (χ1) is 9.40. The number of aliphatic hydroxyl groups is 1. The molecule has 3 heteroatoms. The Hall–Kier alpha value is -1.06. The van der Waals surface area contributed by atoms with E-state index < -0.39 is 6.10 Å². The zero-order valence-electron chi connectivity index (χ0n) is 13.0. The number of methoxy groups -OCH3 is 1. The van der Waals surface area contributed by atoms with Crippen LogP contribution in [0.4, 0.5) is 0 Å². The largest absolute Gasteiger partial charge is 0.497 e. The van der Waals surface area contributed by atoms with Crippen LogP contribution in [0.2, 0.25) is 0 Å². The van der Waals surface area contributed by atoms with Gasteiger partial charge in [-0.2, -0.15) is 0 Å². The van der Waals surface area contributed by atoms with Crippen LogP contribution in [0.3, 0.4) is 0 Å². The van der Waals surface area contributed by atoms with E-state index in [1.54, 1.807) is 7.11 Å². The third-order valence-electron chi connectivity index (χ3n) is 3.90. The van der Waals surface area contributed by atoms with E-state index in [2.05, 4.69) is 20.8 Å². The van der Waals surface area contributed by atoms with Gasteiger partial charge in [0.25, 0.3) is 0 Å². The number of benzene rings is 1. The van der Waals surface area contributed by atoms with Crippen LogP contribution in [-0.4, -0.2) is 24.9 Å². The normalized spacial score (nSPS) is 22.4. The highest BCUT2D eigenvalue weighted by molar-refractivity contribution is 5.39. The van der Waals surface area contributed by atoms with Crippen molar-refractivity contribution < 1.29 is 14.6 Å². The maximum atomic E-state index is 10.4. The third kappa shape index (κ3) is 3.74. The second-order valence-corrected chi connectivity index (χ2v) is 6.77. The number of ether oxygens (including phenoxy) is 2. The van der Waals surface area contributed by atoms with Crippen molar-refractivity contribution in [1.82, 2.24) is 0 Å². The number of rotatable bonds is 4. The molecule has 1 N–H and O–H groups in total. The van der Waals surface area contributed by atoms with Crippen LogP contribution in [0.25, 0.3) is 0 Å². The van der Waals surface area contributed by atoms with Gasteiger partial charge in [-0.25, -0.2) is 0 Å². The summed E-state index contributed by atoms with van der Waals surface area (Å²) in [6.07, 6.45) is 2.20. The second kappa shape index (κ2) is 6.15. The maximum Gasteiger partial charge on any atom is 0.119 e. The minimum absolute atomic E-state index is 0.0850. The fourth-order valence-corrected chi connectivity index (χ4v) is 2.56. The van der Waals surface area contributed by atoms with Crippen LogP contribution >= 0.6 is 0 Å². The lowest BCUT2D eigenvalue weighted by atomic mass is 9.87. The van der Waals surface area contributed by atoms with Gasteiger partial charge in [0.2, 0.25) is 0 Å². The molecule has 0 spiro atoms. The lowest BCUT2D eigenvalue weighted by Crippen LogP contribution is -2.29. The van der Waals surface area contributed by atoms with Crippen molar-refractivity contribution in [2.75, 3.05) is 13.7 Å². The molecule has 0 fully saturated rings. The lowest BCUT2D eigenvalue weighted by molar-refractivity contribution is -0.0544. The minimum atomic E-state index is -0.523. The summed E-state index contributed by atoms with van der Waals surface area (Å²) in [4.78, 5) is 0. The first-order valence-corrected chi connectivity index (χ1v) is 7.37. The fraction of sp³-hybridized carbons (Fsp3) is 0.647. The third-order valence-corrected chi connectivity index (χ3v) is 3.90. The zero-order chi connectivity index (χ0) is 14.8. The van der Waals surface area contributed by atoms with Crippen molar-refractivity contribution in [3.05, 3.63) is 29.3 Å². The van der Waals surface area contributed by atoms with Crippen LogP contribution in [-0.2, 0) is 11.2 Å². The van der Waals surface area contributed by atoms with E-state index >= 15 is 0 Å². The number of hydrogen-bond acceptors (Lipinski definition) is 3. The Bertz CT molecular complexity index is 448. The van der Waals surface area contributed by atoms with Crippen LogP contribution in [0.1, 0.15) is 50.8 Å². The molecule has 1 aromatic rings. The van der Waals surface area contributed by atoms with E-state index in [9.17, 15) is 5.11 Å². The number of hydrogen-bond donors (Lipinski definition) is 1. The van der Waals surface area contributed by atoms with Gasteiger partial charge in [0.05, 0.1) is 13.2 Å². The fourth-order valence-electron chi connectivity index (χ4n) is 2.56. The van der Waals surface area contributed by atoms with Crippen molar-refractivity contribution >= 4 is 0 Å². The molecule has 3 nitrogen and oxygen atoms in total. The molecule has 0 bridgehead atoms. The number of aliphatic hydroxyl groups excluding tert-OH is 1. The van der Waals surface area contributed by atoms with Gasteiger partial charge in [0, 0.05) is 6.61 Å². The molecule has 1 aliphatic rings. The molecular weight excluding hydrogens is 252 g/mol. The molecule has 0 heterocycles. The summed E-state index contributed by atoms with van der Waals surface area (Å²) < 4.78 is 11.1. The van der Waals surface area contributed by atoms with Crippen LogP contribution in [0, 0.1) is 5.41 Å². The van der Waals surface area contributed by atoms with Gasteiger partial charge in [-0.1, -0.05) is 26.8 Å². The van der Waals surface area contributed by atoms with E-state index in [0.29, 0.717) is 6.61 Å². The Kier molecular flexibility index (Phi) is 4.71. The van der Waals surface area contributed by atoms with Gasteiger partial charge < -0.3 is 14.6 Å². The van der Waals surface area contributed by atoms with Gasteiger partial charge in [-0.15, -0.1) is 0 Å². The maximum absolute atomic E-state index is 10.4. The minimum Gasteiger partial charge on any atom is -0.497 e. The molecule has 0 aliphatic heterocycles. The summed E-state index contributed by atoms with van der Waals surface area (Å²) in [5, 5.41) is 10.4. The van der Waals surface area contributed by atoms with E-state index in [1.165, 1.54) is 5.56 Å². The molecule has 0 amide bonds. The van der Waals surface area contributed by atoms with E-state index in [-0.39, 0.29) is 11.5 Å². The predicted octanol–water partition coefficient (Wildman–Crippen LogP) is 3.50. The zero-order valence-corrected chi connectivity index (χ0v) is 13.0. The predicted molar refractivity (Wildman–Crippen MR) is 80.1 cm³/mol. The average molecular weight is 278 g/mol. The van der Waals surface area contributed by atoms with Crippen LogP contribution < -0.4 is 4.74 Å². The second-order valence-electron chi connectivity index (χ2n) is 6.77. The summed E-state index contributed by atoms with van der Waals surface area (Å²) in [5.41, 5.74) is 2.43. The Morgan fingerprint density at radius 2 is 2.05 bits per heavy atom. The molecule has 1 aliphatic carbocycles. The highest BCUT2D eigenvalue weighted by Gasteiger charge is 2.29. The highest BCUT2D eigenvalue weighted by Crippen LogP contribution is 2.34. The molecule has 20 heavy (non-hydrogen) atoms. The molecule has 2 atom stereocenters. The topological polar surface area (TPSA) is 38.7 Å². The van der Waals surface area contributed by atoms with Crippen molar-refractivity contribution in [2.45, 2.75) is 52.2 Å². The molecule has 0 aromatic heterocycles. The molecule has 112 valence electrons. The van der Waals surface area contributed by atoms with Crippen molar-refractivity contribution in [1.29, 1.82) is 0 Å². The number of aryl methyl sites for hydroxylation is 1. The van der Waals surface area contributed by atoms with Gasteiger partial charge >= 0.3 is 0 Å². The van der Waals surface area contributed by atoms with Crippen LogP contribution in [0.5, 0.6) is 5.75 Å². The van der Waals surface area contributed by atoms with Crippen molar-refractivity contribution in [3.8, 4) is 5.75 Å². The first-order valence-electron chi connectivity index (χ1n) is 7.37. The highest BCUT2D eigenvalue weighted by atomic mass is 16.5. The Morgan fingerprint density at radius 3 is 2.70 bits per heavy atom. The van der Waals surface area contributed by atoms with Gasteiger partial charge in [-0.3, -0.25) is 0 Å². The molecular formula is C17H26O3. The monoisotopic (exact) mass is 278 g/mol. The van der Waals surface area contributed by atoms with Crippen molar-refractivity contribution in [2.24, 2.45) is 5.41 Å². The molecule has 0 radical (unpaired) electrons. The standard InChI is InChI=1S/C17H26O3/c1-17(2,3)9-10-20-15-8-5-12-11-13(19-4)6-7-14(12)16(15)18/h6-7,11,15-16,18H,5,8-10H2,1-4H3. The molecule has 2 unspecified atom stereocenters. The van der Waals surface area contributed by atoms with Gasteiger partial charge in [-0.05, 0) is 47.9 Å². The average Bonchev–Trinajstić information content (AvgIpc) is 2.39. The SMILES string of the molecule is COc1ccc2c(c1)CCC(OCCC(C)(C)C)C2O. The molecule has 1 aromatic carbocycles. The summed E-state index contributed by atoms with van der Waals surface area (Å²) in [6, 6.07) is 5.88. The number of fused-ring (bicyclic) bond motifs is 1. The van der Waals surface area contributed by atoms with Gasteiger partial charge in [0.15, 0.2) is 0 Å². The van der Waals surface area contributed by atoms with Gasteiger partial charge in [0.1, 0.15) is 11.9 Å². The summed E-state index contributed by atoms with van der Waals surface area (Å²) in [6.45, 7) is 7.32.